The lowest BCUT2D eigenvalue weighted by molar-refractivity contribution is -0.126. The number of benzene rings is 2. The number of likely N-dealkylation sites (tertiary alicyclic amines) is 1. The number of carbonyl (C=O) groups is 1. The van der Waals surface area contributed by atoms with E-state index in [0.29, 0.717) is 6.54 Å². The lowest BCUT2D eigenvalue weighted by atomic mass is 10.2. The number of amides is 1. The van der Waals surface area contributed by atoms with Crippen molar-refractivity contribution in [2.24, 2.45) is 0 Å². The zero-order chi connectivity index (χ0) is 20.4. The van der Waals surface area contributed by atoms with Crippen LogP contribution < -0.4 is 4.72 Å². The fourth-order valence-electron chi connectivity index (χ4n) is 3.58. The van der Waals surface area contributed by atoms with Crippen molar-refractivity contribution in [1.82, 2.24) is 19.6 Å². The third-order valence-electron chi connectivity index (χ3n) is 5.14. The second-order valence-electron chi connectivity index (χ2n) is 6.94. The molecule has 1 aliphatic heterocycles. The number of H-pyrrole nitrogens is 1. The Labute approximate surface area is 169 Å². The van der Waals surface area contributed by atoms with Crippen LogP contribution in [0.2, 0.25) is 0 Å². The number of nitrogens with one attached hydrogen (secondary N) is 2. The van der Waals surface area contributed by atoms with Crippen LogP contribution in [0, 0.1) is 0 Å². The molecule has 150 valence electrons. The summed E-state index contributed by atoms with van der Waals surface area (Å²) in [5, 5.41) is 0. The molecule has 29 heavy (non-hydrogen) atoms. The Kier molecular flexibility index (Phi) is 5.21. The van der Waals surface area contributed by atoms with Crippen LogP contribution in [-0.2, 0) is 14.8 Å². The molecule has 4 rings (SSSR count). The molecule has 0 bridgehead atoms. The predicted molar refractivity (Wildman–Crippen MR) is 112 cm³/mol. The summed E-state index contributed by atoms with van der Waals surface area (Å²) >= 11 is 0. The number of hydrogen-bond acceptors (Lipinski definition) is 4. The molecular formula is C21H22N4O3S. The number of sulfonamides is 1. The van der Waals surface area contributed by atoms with Crippen molar-refractivity contribution in [2.45, 2.75) is 23.8 Å². The summed E-state index contributed by atoms with van der Waals surface area (Å²) in [5.41, 5.74) is 2.62. The summed E-state index contributed by atoms with van der Waals surface area (Å²) in [6, 6.07) is 14.1. The molecule has 0 spiro atoms. The summed E-state index contributed by atoms with van der Waals surface area (Å²) in [7, 11) is -2.10. The van der Waals surface area contributed by atoms with Gasteiger partial charge in [0.2, 0.25) is 15.9 Å². The van der Waals surface area contributed by atoms with Crippen molar-refractivity contribution in [3.05, 3.63) is 66.0 Å². The van der Waals surface area contributed by atoms with E-state index < -0.39 is 10.0 Å². The molecule has 0 aliphatic carbocycles. The Balaban J connectivity index is 1.50. The van der Waals surface area contributed by atoms with Crippen LogP contribution in [0.15, 0.2) is 59.5 Å². The van der Waals surface area contributed by atoms with E-state index in [9.17, 15) is 13.2 Å². The van der Waals surface area contributed by atoms with Crippen molar-refractivity contribution in [2.75, 3.05) is 13.6 Å². The minimum absolute atomic E-state index is 0.0669. The molecule has 1 amide bonds. The predicted octanol–water partition coefficient (Wildman–Crippen LogP) is 2.85. The highest BCUT2D eigenvalue weighted by atomic mass is 32.2. The molecule has 1 aromatic heterocycles. The monoisotopic (exact) mass is 410 g/mol. The molecule has 1 fully saturated rings. The molecular weight excluding hydrogens is 388 g/mol. The van der Waals surface area contributed by atoms with Crippen LogP contribution in [0.25, 0.3) is 17.1 Å². The van der Waals surface area contributed by atoms with Crippen LogP contribution in [0.1, 0.15) is 30.3 Å². The normalized spacial score (nSPS) is 17.4. The Hall–Kier alpha value is -2.97. The summed E-state index contributed by atoms with van der Waals surface area (Å²) < 4.78 is 25.9. The van der Waals surface area contributed by atoms with Gasteiger partial charge in [-0.2, -0.15) is 0 Å². The third-order valence-corrected chi connectivity index (χ3v) is 6.57. The van der Waals surface area contributed by atoms with E-state index in [0.717, 1.165) is 35.3 Å². The summed E-state index contributed by atoms with van der Waals surface area (Å²) in [6.45, 7) is 0.685. The van der Waals surface area contributed by atoms with Gasteiger partial charge in [0.1, 0.15) is 5.82 Å². The van der Waals surface area contributed by atoms with Crippen LogP contribution in [0.4, 0.5) is 0 Å². The minimum atomic E-state index is -3.47. The number of rotatable bonds is 5. The van der Waals surface area contributed by atoms with E-state index >= 15 is 0 Å². The second kappa shape index (κ2) is 7.81. The number of imidazole rings is 1. The summed E-state index contributed by atoms with van der Waals surface area (Å²) in [4.78, 5) is 22.8. The molecule has 2 heterocycles. The maximum Gasteiger partial charge on any atom is 0.247 e. The van der Waals surface area contributed by atoms with E-state index in [-0.39, 0.29) is 16.8 Å². The Morgan fingerprint density at radius 2 is 1.97 bits per heavy atom. The first-order valence-electron chi connectivity index (χ1n) is 9.45. The van der Waals surface area contributed by atoms with Gasteiger partial charge in [-0.3, -0.25) is 4.79 Å². The first-order valence-corrected chi connectivity index (χ1v) is 10.9. The molecule has 7 nitrogen and oxygen atoms in total. The molecule has 3 aromatic rings. The van der Waals surface area contributed by atoms with Gasteiger partial charge in [0.25, 0.3) is 0 Å². The Morgan fingerprint density at radius 3 is 2.69 bits per heavy atom. The highest BCUT2D eigenvalue weighted by molar-refractivity contribution is 7.89. The van der Waals surface area contributed by atoms with Gasteiger partial charge in [0.15, 0.2) is 0 Å². The second-order valence-corrected chi connectivity index (χ2v) is 8.83. The molecule has 8 heteroatoms. The number of aromatic nitrogens is 2. The zero-order valence-corrected chi connectivity index (χ0v) is 16.8. The van der Waals surface area contributed by atoms with Crippen LogP contribution in [0.3, 0.4) is 0 Å². The van der Waals surface area contributed by atoms with E-state index in [1.165, 1.54) is 25.3 Å². The van der Waals surface area contributed by atoms with Gasteiger partial charge in [-0.15, -0.1) is 0 Å². The molecule has 2 N–H and O–H groups in total. The van der Waals surface area contributed by atoms with Crippen molar-refractivity contribution in [1.29, 1.82) is 0 Å². The number of hydrogen-bond donors (Lipinski definition) is 2. The van der Waals surface area contributed by atoms with Gasteiger partial charge in [0, 0.05) is 12.6 Å². The van der Waals surface area contributed by atoms with E-state index in [1.807, 2.05) is 29.2 Å². The summed E-state index contributed by atoms with van der Waals surface area (Å²) in [5.74, 6) is 0.729. The lowest BCUT2D eigenvalue weighted by Gasteiger charge is -2.21. The van der Waals surface area contributed by atoms with Gasteiger partial charge in [-0.1, -0.05) is 24.3 Å². The first kappa shape index (κ1) is 19.4. The molecule has 1 saturated heterocycles. The van der Waals surface area contributed by atoms with Gasteiger partial charge < -0.3 is 9.88 Å². The number of fused-ring (bicyclic) bond motifs is 1. The lowest BCUT2D eigenvalue weighted by Crippen LogP contribution is -2.29. The van der Waals surface area contributed by atoms with Crippen molar-refractivity contribution in [3.8, 4) is 0 Å². The van der Waals surface area contributed by atoms with E-state index in [1.54, 1.807) is 18.2 Å². The Morgan fingerprint density at radius 1 is 1.21 bits per heavy atom. The smallest absolute Gasteiger partial charge is 0.247 e. The largest absolute Gasteiger partial charge is 0.340 e. The highest BCUT2D eigenvalue weighted by Gasteiger charge is 2.31. The van der Waals surface area contributed by atoms with Crippen molar-refractivity contribution < 1.29 is 13.2 Å². The molecule has 1 aliphatic rings. The zero-order valence-electron chi connectivity index (χ0n) is 16.0. The quantitative estimate of drug-likeness (QED) is 0.632. The van der Waals surface area contributed by atoms with Gasteiger partial charge >= 0.3 is 0 Å². The number of para-hydroxylation sites is 2. The minimum Gasteiger partial charge on any atom is -0.340 e. The Bertz CT molecular complexity index is 1130. The molecule has 2 aromatic carbocycles. The fraction of sp³-hybridized carbons (Fsp3) is 0.238. The average molecular weight is 410 g/mol. The number of carbonyl (C=O) groups excluding carboxylic acids is 1. The van der Waals surface area contributed by atoms with Crippen LogP contribution >= 0.6 is 0 Å². The molecule has 0 radical (unpaired) electrons. The van der Waals surface area contributed by atoms with Crippen LogP contribution in [-0.4, -0.2) is 42.8 Å². The van der Waals surface area contributed by atoms with E-state index in [2.05, 4.69) is 14.7 Å². The first-order chi connectivity index (χ1) is 14.0. The molecule has 1 atom stereocenters. The van der Waals surface area contributed by atoms with Crippen molar-refractivity contribution >= 4 is 33.0 Å². The molecule has 0 saturated carbocycles. The van der Waals surface area contributed by atoms with Gasteiger partial charge in [0.05, 0.1) is 22.0 Å². The number of aromatic amines is 1. The van der Waals surface area contributed by atoms with Crippen LogP contribution in [0.5, 0.6) is 0 Å². The molecule has 0 unspecified atom stereocenters. The topological polar surface area (TPSA) is 95.2 Å². The standard InChI is InChI=1S/C21H22N4O3S/c1-22-29(27,28)16-11-8-15(9-12-16)10-13-20(26)25-14-4-7-19(25)21-23-17-5-2-3-6-18(17)24-21/h2-3,5-6,8-13,19,22H,4,7,14H2,1H3,(H,23,24)/b13-10+/t19-/m1/s1. The van der Waals surface area contributed by atoms with Gasteiger partial charge in [-0.05, 0) is 55.8 Å². The highest BCUT2D eigenvalue weighted by Crippen LogP contribution is 2.31. The maximum absolute atomic E-state index is 12.8. The third kappa shape index (κ3) is 3.94. The van der Waals surface area contributed by atoms with Gasteiger partial charge in [-0.25, -0.2) is 18.1 Å². The SMILES string of the molecule is CNS(=O)(=O)c1ccc(/C=C/C(=O)N2CCC[C@@H]2c2nc3ccccc3[nH]2)cc1. The number of nitrogens with zero attached hydrogens (tertiary/aromatic N) is 2. The fourth-order valence-corrected chi connectivity index (χ4v) is 4.31. The van der Waals surface area contributed by atoms with E-state index in [4.69, 9.17) is 0 Å². The maximum atomic E-state index is 12.8. The van der Waals surface area contributed by atoms with Crippen molar-refractivity contribution in [3.63, 3.8) is 0 Å². The average Bonchev–Trinajstić information content (AvgIpc) is 3.39. The summed E-state index contributed by atoms with van der Waals surface area (Å²) in [6.07, 6.45) is 5.03.